The van der Waals surface area contributed by atoms with Crippen molar-refractivity contribution >= 4 is 21.9 Å². The highest BCUT2D eigenvalue weighted by Gasteiger charge is 2.44. The molecule has 1 aromatic carbocycles. The van der Waals surface area contributed by atoms with E-state index in [1.54, 1.807) is 38.4 Å². The van der Waals surface area contributed by atoms with Crippen LogP contribution in [0.3, 0.4) is 0 Å². The van der Waals surface area contributed by atoms with Crippen LogP contribution < -0.4 is 4.74 Å². The van der Waals surface area contributed by atoms with Crippen LogP contribution in [0.4, 0.5) is 13.2 Å². The quantitative estimate of drug-likeness (QED) is 0.615. The minimum atomic E-state index is -5.08. The summed E-state index contributed by atoms with van der Waals surface area (Å²) in [5.74, 6) is -1.97. The van der Waals surface area contributed by atoms with E-state index in [0.29, 0.717) is 18.1 Å². The number of benzene rings is 1. The molecule has 1 aromatic rings. The van der Waals surface area contributed by atoms with Crippen LogP contribution in [0.25, 0.3) is 0 Å². The summed E-state index contributed by atoms with van der Waals surface area (Å²) >= 11 is 0. The zero-order valence-electron chi connectivity index (χ0n) is 20.9. The summed E-state index contributed by atoms with van der Waals surface area (Å²) in [6.07, 6.45) is -2.86. The van der Waals surface area contributed by atoms with E-state index in [1.807, 2.05) is 0 Å². The number of hydrogen-bond acceptors (Lipinski definition) is 6. The van der Waals surface area contributed by atoms with Crippen LogP contribution in [-0.4, -0.2) is 98.1 Å². The number of carbonyl (C=O) groups is 2. The topological polar surface area (TPSA) is 107 Å². The Bertz CT molecular complexity index is 1020. The van der Waals surface area contributed by atoms with E-state index >= 15 is 0 Å². The van der Waals surface area contributed by atoms with Gasteiger partial charge in [0.25, 0.3) is 0 Å². The molecule has 1 fully saturated rings. The number of sulfonamides is 1. The summed E-state index contributed by atoms with van der Waals surface area (Å²) in [6.45, 7) is 6.92. The molecular weight excluding hydrogens is 503 g/mol. The number of carbonyl (C=O) groups excluding carboxylic acids is 1. The van der Waals surface area contributed by atoms with E-state index in [2.05, 4.69) is 18.7 Å². The lowest BCUT2D eigenvalue weighted by atomic mass is 10.1. The van der Waals surface area contributed by atoms with Gasteiger partial charge in [0, 0.05) is 20.6 Å². The number of rotatable bonds is 5. The van der Waals surface area contributed by atoms with Crippen molar-refractivity contribution in [3.8, 4) is 5.75 Å². The average Bonchev–Trinajstić information content (AvgIpc) is 3.01. The second-order valence-electron chi connectivity index (χ2n) is 9.41. The van der Waals surface area contributed by atoms with Crippen LogP contribution in [0.5, 0.6) is 5.75 Å². The molecule has 1 N–H and O–H groups in total. The molecule has 0 aliphatic carbocycles. The lowest BCUT2D eigenvalue weighted by molar-refractivity contribution is -0.192. The molecule has 2 heterocycles. The second kappa shape index (κ2) is 12.2. The highest BCUT2D eigenvalue weighted by atomic mass is 32.2. The Labute approximate surface area is 209 Å². The van der Waals surface area contributed by atoms with Gasteiger partial charge in [0.2, 0.25) is 15.9 Å². The van der Waals surface area contributed by atoms with E-state index in [9.17, 15) is 26.4 Å². The average molecular weight is 538 g/mol. The number of amides is 1. The molecule has 0 radical (unpaired) electrons. The van der Waals surface area contributed by atoms with Gasteiger partial charge in [0.05, 0.1) is 12.6 Å². The molecule has 3 rings (SSSR count). The summed E-state index contributed by atoms with van der Waals surface area (Å²) in [6, 6.07) is 6.40. The number of likely N-dealkylation sites (tertiary alicyclic amines) is 1. The first-order chi connectivity index (χ1) is 16.6. The molecule has 2 atom stereocenters. The number of fused-ring (bicyclic) bond motifs is 2. The molecule has 0 bridgehead atoms. The number of carboxylic acid groups (broad SMARTS) is 1. The van der Waals surface area contributed by atoms with Crippen LogP contribution in [-0.2, 0) is 19.6 Å². The molecule has 2 aliphatic rings. The van der Waals surface area contributed by atoms with E-state index in [4.69, 9.17) is 14.6 Å². The summed E-state index contributed by atoms with van der Waals surface area (Å²) < 4.78 is 66.4. The fraction of sp³-hybridized carbons (Fsp3) is 0.652. The summed E-state index contributed by atoms with van der Waals surface area (Å²) in [5, 5.41) is 7.12. The first kappa shape index (κ1) is 29.8. The first-order valence-electron chi connectivity index (χ1n) is 11.6. The van der Waals surface area contributed by atoms with Gasteiger partial charge in [-0.25, -0.2) is 13.2 Å². The van der Waals surface area contributed by atoms with Crippen LogP contribution in [0.2, 0.25) is 0 Å². The molecule has 9 nitrogen and oxygen atoms in total. The largest absolute Gasteiger partial charge is 0.490 e. The fourth-order valence-electron chi connectivity index (χ4n) is 3.95. The van der Waals surface area contributed by atoms with Gasteiger partial charge in [0.15, 0.2) is 0 Å². The van der Waals surface area contributed by atoms with Gasteiger partial charge < -0.3 is 19.6 Å². The Hall–Kier alpha value is -2.38. The van der Waals surface area contributed by atoms with Gasteiger partial charge in [0.1, 0.15) is 16.7 Å². The van der Waals surface area contributed by atoms with E-state index in [-0.39, 0.29) is 29.5 Å². The molecule has 1 saturated heterocycles. The van der Waals surface area contributed by atoms with Gasteiger partial charge in [-0.2, -0.15) is 17.5 Å². The zero-order valence-corrected chi connectivity index (χ0v) is 21.7. The fourth-order valence-corrected chi connectivity index (χ4v) is 5.70. The van der Waals surface area contributed by atoms with Crippen molar-refractivity contribution in [3.05, 3.63) is 24.3 Å². The number of likely N-dealkylation sites (N-methyl/N-ethyl adjacent to an activating group) is 1. The molecule has 0 aromatic heterocycles. The summed E-state index contributed by atoms with van der Waals surface area (Å²) in [4.78, 5) is 25.4. The monoisotopic (exact) mass is 537 g/mol. The number of aliphatic carboxylic acids is 1. The number of hydrogen-bond donors (Lipinski definition) is 1. The Morgan fingerprint density at radius 3 is 2.31 bits per heavy atom. The number of carboxylic acids is 1. The lowest BCUT2D eigenvalue weighted by Crippen LogP contribution is -2.50. The molecule has 0 spiro atoms. The Balaban J connectivity index is 0.000000572. The predicted molar refractivity (Wildman–Crippen MR) is 126 cm³/mol. The van der Waals surface area contributed by atoms with Crippen molar-refractivity contribution in [2.75, 3.05) is 40.3 Å². The highest BCUT2D eigenvalue weighted by Crippen LogP contribution is 2.36. The van der Waals surface area contributed by atoms with Gasteiger partial charge in [-0.05, 0) is 50.4 Å². The molecule has 13 heteroatoms. The molecule has 2 aliphatic heterocycles. The Kier molecular flexibility index (Phi) is 10.1. The smallest absolute Gasteiger partial charge is 0.487 e. The number of ether oxygens (including phenoxy) is 1. The second-order valence-corrected chi connectivity index (χ2v) is 11.3. The molecule has 204 valence electrons. The zero-order chi connectivity index (χ0) is 27.3. The van der Waals surface area contributed by atoms with Gasteiger partial charge >= 0.3 is 12.1 Å². The van der Waals surface area contributed by atoms with Crippen molar-refractivity contribution in [2.45, 2.75) is 56.3 Å². The first-order valence-corrected chi connectivity index (χ1v) is 13.1. The third-order valence-electron chi connectivity index (χ3n) is 6.04. The van der Waals surface area contributed by atoms with Crippen LogP contribution in [0.1, 0.15) is 33.1 Å². The standard InChI is InChI=1S/C21H33N3O4S.C2HF3O2/c1-16(2)9-12-23-13-10-17-18(11-14-23)28-19-7-5-6-8-20(19)29(26,27)24(17)15-21(25)22(3)4;3-2(4,5)1(6)7/h5-8,16-18H,9-15H2,1-4H3;(H,6,7)/t17-,18-;/m0./s1. The van der Waals surface area contributed by atoms with E-state index in [0.717, 1.165) is 32.5 Å². The molecular formula is C23H34F3N3O6S. The molecule has 36 heavy (non-hydrogen) atoms. The van der Waals surface area contributed by atoms with Gasteiger partial charge in [-0.3, -0.25) is 4.79 Å². The van der Waals surface area contributed by atoms with Crippen molar-refractivity contribution in [1.82, 2.24) is 14.1 Å². The normalized spacial score (nSPS) is 22.1. The maximum Gasteiger partial charge on any atom is 0.490 e. The van der Waals surface area contributed by atoms with E-state index < -0.39 is 22.2 Å². The Morgan fingerprint density at radius 1 is 1.17 bits per heavy atom. The molecule has 0 unspecified atom stereocenters. The predicted octanol–water partition coefficient (Wildman–Crippen LogP) is 2.67. The summed E-state index contributed by atoms with van der Waals surface area (Å²) in [5.41, 5.74) is 0. The van der Waals surface area contributed by atoms with Crippen molar-refractivity contribution in [1.29, 1.82) is 0 Å². The number of para-hydroxylation sites is 1. The maximum absolute atomic E-state index is 13.5. The minimum absolute atomic E-state index is 0.149. The van der Waals surface area contributed by atoms with Crippen molar-refractivity contribution < 1.29 is 41.0 Å². The lowest BCUT2D eigenvalue weighted by Gasteiger charge is -2.32. The number of nitrogens with zero attached hydrogens (tertiary/aromatic N) is 3. The number of alkyl halides is 3. The van der Waals surface area contributed by atoms with Crippen LogP contribution in [0.15, 0.2) is 29.2 Å². The van der Waals surface area contributed by atoms with Crippen molar-refractivity contribution in [2.24, 2.45) is 5.92 Å². The molecule has 0 saturated carbocycles. The third kappa shape index (κ3) is 7.81. The third-order valence-corrected chi connectivity index (χ3v) is 7.95. The van der Waals surface area contributed by atoms with Gasteiger partial charge in [-0.15, -0.1) is 0 Å². The summed E-state index contributed by atoms with van der Waals surface area (Å²) in [7, 11) is -0.539. The highest BCUT2D eigenvalue weighted by molar-refractivity contribution is 7.89. The number of halogens is 3. The van der Waals surface area contributed by atoms with Crippen LogP contribution >= 0.6 is 0 Å². The Morgan fingerprint density at radius 2 is 1.75 bits per heavy atom. The van der Waals surface area contributed by atoms with E-state index in [1.165, 1.54) is 9.21 Å². The SMILES string of the molecule is CC(C)CCN1CC[C@@H]2Oc3ccccc3S(=O)(=O)N(CC(=O)N(C)C)[C@H]2CC1.O=C(O)C(F)(F)F. The maximum atomic E-state index is 13.5. The van der Waals surface area contributed by atoms with Crippen LogP contribution in [0, 0.1) is 5.92 Å². The molecule has 1 amide bonds. The minimum Gasteiger partial charge on any atom is -0.487 e. The van der Waals surface area contributed by atoms with Gasteiger partial charge in [-0.1, -0.05) is 26.0 Å². The van der Waals surface area contributed by atoms with Crippen molar-refractivity contribution in [3.63, 3.8) is 0 Å².